The summed E-state index contributed by atoms with van der Waals surface area (Å²) < 4.78 is 3.87. The van der Waals surface area contributed by atoms with Gasteiger partial charge in [-0.15, -0.1) is 5.10 Å². The molecule has 2 heterocycles. The van der Waals surface area contributed by atoms with E-state index in [4.69, 9.17) is 0 Å². The Kier molecular flexibility index (Phi) is 4.92. The minimum absolute atomic E-state index is 0.221. The van der Waals surface area contributed by atoms with Crippen LogP contribution in [-0.4, -0.2) is 43.6 Å². The number of carboxylic acids is 1. The summed E-state index contributed by atoms with van der Waals surface area (Å²) in [4.78, 5) is 26.6. The maximum Gasteiger partial charge on any atom is 0.329 e. The molecule has 1 aliphatic rings. The van der Waals surface area contributed by atoms with Crippen molar-refractivity contribution < 1.29 is 14.7 Å². The molecule has 1 unspecified atom stereocenters. The van der Waals surface area contributed by atoms with Gasteiger partial charge in [-0.25, -0.2) is 4.79 Å². The van der Waals surface area contributed by atoms with Crippen molar-refractivity contribution in [2.75, 3.05) is 6.54 Å². The first-order valence-corrected chi connectivity index (χ1v) is 8.20. The second-order valence-electron chi connectivity index (χ2n) is 5.45. The van der Waals surface area contributed by atoms with Gasteiger partial charge in [-0.1, -0.05) is 31.2 Å². The molecule has 1 aromatic rings. The predicted octanol–water partition coefficient (Wildman–Crippen LogP) is 2.35. The highest BCUT2D eigenvalue weighted by molar-refractivity contribution is 7.08. The van der Waals surface area contributed by atoms with E-state index in [1.165, 1.54) is 4.90 Å². The van der Waals surface area contributed by atoms with Crippen molar-refractivity contribution in [1.82, 2.24) is 14.5 Å². The van der Waals surface area contributed by atoms with Crippen LogP contribution in [0.3, 0.4) is 0 Å². The second kappa shape index (κ2) is 6.51. The average Bonchev–Trinajstić information content (AvgIpc) is 3.06. The topological polar surface area (TPSA) is 83.4 Å². The molecule has 6 nitrogen and oxygen atoms in total. The lowest BCUT2D eigenvalue weighted by Crippen LogP contribution is -2.53. The van der Waals surface area contributed by atoms with Gasteiger partial charge in [0.25, 0.3) is 5.91 Å². The Morgan fingerprint density at radius 2 is 2.14 bits per heavy atom. The number of carbonyl (C=O) groups excluding carboxylic acids is 1. The van der Waals surface area contributed by atoms with Gasteiger partial charge in [-0.2, -0.15) is 0 Å². The summed E-state index contributed by atoms with van der Waals surface area (Å²) >= 11 is 1.07. The predicted molar refractivity (Wildman–Crippen MR) is 79.4 cm³/mol. The fourth-order valence-corrected chi connectivity index (χ4v) is 3.73. The van der Waals surface area contributed by atoms with Crippen LogP contribution in [0.15, 0.2) is 0 Å². The van der Waals surface area contributed by atoms with Gasteiger partial charge >= 0.3 is 5.97 Å². The quantitative estimate of drug-likeness (QED) is 0.872. The van der Waals surface area contributed by atoms with Gasteiger partial charge in [-0.05, 0) is 37.2 Å². The normalized spacial score (nSPS) is 21.7. The molecule has 0 spiro atoms. The number of amides is 1. The van der Waals surface area contributed by atoms with Crippen molar-refractivity contribution in [3.63, 3.8) is 0 Å². The van der Waals surface area contributed by atoms with E-state index in [9.17, 15) is 14.7 Å². The number of likely N-dealkylation sites (tertiary alicyclic amines) is 1. The number of aryl methyl sites for hydroxylation is 1. The van der Waals surface area contributed by atoms with Gasteiger partial charge < -0.3 is 10.0 Å². The summed E-state index contributed by atoms with van der Waals surface area (Å²) in [5.74, 6) is -1.12. The van der Waals surface area contributed by atoms with Crippen LogP contribution < -0.4 is 0 Å². The van der Waals surface area contributed by atoms with E-state index >= 15 is 0 Å². The first-order chi connectivity index (χ1) is 10.1. The summed E-state index contributed by atoms with van der Waals surface area (Å²) in [6, 6.07) is 0. The van der Waals surface area contributed by atoms with Crippen LogP contribution >= 0.6 is 11.5 Å². The molecule has 2 rings (SSSR count). The fraction of sp³-hybridized carbons (Fsp3) is 0.714. The zero-order valence-corrected chi connectivity index (χ0v) is 13.3. The second-order valence-corrected chi connectivity index (χ2v) is 6.20. The summed E-state index contributed by atoms with van der Waals surface area (Å²) in [7, 11) is 0. The number of aliphatic carboxylic acids is 1. The summed E-state index contributed by atoms with van der Waals surface area (Å²) in [6.07, 6.45) is 4.05. The van der Waals surface area contributed by atoms with Gasteiger partial charge in [0, 0.05) is 6.54 Å². The van der Waals surface area contributed by atoms with Crippen LogP contribution in [-0.2, 0) is 11.2 Å². The number of carbonyl (C=O) groups is 2. The number of hydrogen-bond acceptors (Lipinski definition) is 5. The van der Waals surface area contributed by atoms with Crippen LogP contribution in [0.2, 0.25) is 0 Å². The molecule has 0 radical (unpaired) electrons. The molecule has 7 heteroatoms. The van der Waals surface area contributed by atoms with Crippen molar-refractivity contribution in [2.45, 2.75) is 57.9 Å². The lowest BCUT2D eigenvalue weighted by atomic mass is 9.90. The van der Waals surface area contributed by atoms with E-state index in [1.54, 1.807) is 0 Å². The molecule has 1 aromatic heterocycles. The van der Waals surface area contributed by atoms with Crippen LogP contribution in [0.25, 0.3) is 0 Å². The van der Waals surface area contributed by atoms with E-state index in [2.05, 4.69) is 9.59 Å². The monoisotopic (exact) mass is 311 g/mol. The Balaban J connectivity index is 2.32. The van der Waals surface area contributed by atoms with Gasteiger partial charge in [0.2, 0.25) is 0 Å². The minimum atomic E-state index is -1.06. The van der Waals surface area contributed by atoms with Crippen molar-refractivity contribution >= 4 is 23.4 Å². The third kappa shape index (κ3) is 2.79. The van der Waals surface area contributed by atoms with Crippen LogP contribution in [0, 0.1) is 0 Å². The molecule has 21 heavy (non-hydrogen) atoms. The van der Waals surface area contributed by atoms with Crippen LogP contribution in [0.4, 0.5) is 0 Å². The maximum atomic E-state index is 12.8. The standard InChI is InChI=1S/C14H21N3O3S/c1-3-6-10-11(21-16-15-10)12(18)17-9-5-8-14(17,7-4-2)13(19)20/h3-9H2,1-2H3,(H,19,20). The molecule has 0 bridgehead atoms. The van der Waals surface area contributed by atoms with E-state index in [-0.39, 0.29) is 5.91 Å². The summed E-state index contributed by atoms with van der Waals surface area (Å²) in [5.41, 5.74) is -0.366. The molecule has 1 fully saturated rings. The highest BCUT2D eigenvalue weighted by atomic mass is 32.1. The van der Waals surface area contributed by atoms with E-state index in [0.717, 1.165) is 30.8 Å². The Bertz CT molecular complexity index is 531. The zero-order chi connectivity index (χ0) is 15.5. The van der Waals surface area contributed by atoms with E-state index in [1.807, 2.05) is 13.8 Å². The molecule has 0 saturated carbocycles. The number of rotatable bonds is 6. The molecular formula is C14H21N3O3S. The first kappa shape index (κ1) is 15.9. The highest BCUT2D eigenvalue weighted by Gasteiger charge is 2.49. The smallest absolute Gasteiger partial charge is 0.329 e. The SMILES string of the molecule is CCCc1nnsc1C(=O)N1CCCC1(CCC)C(=O)O. The first-order valence-electron chi connectivity index (χ1n) is 7.43. The van der Waals surface area contributed by atoms with E-state index in [0.29, 0.717) is 36.4 Å². The maximum absolute atomic E-state index is 12.8. The lowest BCUT2D eigenvalue weighted by molar-refractivity contribution is -0.148. The minimum Gasteiger partial charge on any atom is -0.479 e. The number of hydrogen-bond donors (Lipinski definition) is 1. The number of carboxylic acid groups (broad SMARTS) is 1. The van der Waals surface area contributed by atoms with Crippen molar-refractivity contribution in [1.29, 1.82) is 0 Å². The largest absolute Gasteiger partial charge is 0.479 e. The molecule has 1 N–H and O–H groups in total. The molecular weight excluding hydrogens is 290 g/mol. The third-order valence-corrected chi connectivity index (χ3v) is 4.79. The Morgan fingerprint density at radius 1 is 1.38 bits per heavy atom. The lowest BCUT2D eigenvalue weighted by Gasteiger charge is -2.34. The molecule has 0 aromatic carbocycles. The fourth-order valence-electron chi connectivity index (χ4n) is 3.07. The summed E-state index contributed by atoms with van der Waals surface area (Å²) in [5, 5.41) is 13.7. The molecule has 1 saturated heterocycles. The molecule has 0 aliphatic carbocycles. The molecule has 1 atom stereocenters. The number of nitrogens with zero attached hydrogens (tertiary/aromatic N) is 3. The Morgan fingerprint density at radius 3 is 2.76 bits per heavy atom. The molecule has 116 valence electrons. The third-order valence-electron chi connectivity index (χ3n) is 4.03. The molecule has 1 aliphatic heterocycles. The molecule has 1 amide bonds. The van der Waals surface area contributed by atoms with Crippen molar-refractivity contribution in [3.8, 4) is 0 Å². The van der Waals surface area contributed by atoms with E-state index < -0.39 is 11.5 Å². The number of aromatic nitrogens is 2. The van der Waals surface area contributed by atoms with Crippen molar-refractivity contribution in [2.24, 2.45) is 0 Å². The Labute approximate surface area is 128 Å². The van der Waals surface area contributed by atoms with Gasteiger partial charge in [-0.3, -0.25) is 4.79 Å². The zero-order valence-electron chi connectivity index (χ0n) is 12.5. The Hall–Kier alpha value is -1.50. The van der Waals surface area contributed by atoms with Crippen molar-refractivity contribution in [3.05, 3.63) is 10.6 Å². The summed E-state index contributed by atoms with van der Waals surface area (Å²) in [6.45, 7) is 4.46. The van der Waals surface area contributed by atoms with Gasteiger partial charge in [0.1, 0.15) is 10.4 Å². The van der Waals surface area contributed by atoms with Gasteiger partial charge in [0.15, 0.2) is 0 Å². The van der Waals surface area contributed by atoms with Gasteiger partial charge in [0.05, 0.1) is 5.69 Å². The highest BCUT2D eigenvalue weighted by Crippen LogP contribution is 2.36. The van der Waals surface area contributed by atoms with Crippen LogP contribution in [0.1, 0.15) is 61.3 Å². The van der Waals surface area contributed by atoms with Crippen LogP contribution in [0.5, 0.6) is 0 Å². The average molecular weight is 311 g/mol.